The standard InChI is InChI=1S/C17H19BrN4O2/c1-3-22-14(7-8-19-22)11-21(2)17(23)16-10-15(20-24-16)12-5-4-6-13(18)9-12/h4-9,16H,3,10-11H2,1-2H3. The topological polar surface area (TPSA) is 59.7 Å². The van der Waals surface area contributed by atoms with Crippen LogP contribution >= 0.6 is 15.9 Å². The van der Waals surface area contributed by atoms with Gasteiger partial charge in [0.1, 0.15) is 0 Å². The van der Waals surface area contributed by atoms with E-state index < -0.39 is 6.10 Å². The summed E-state index contributed by atoms with van der Waals surface area (Å²) in [7, 11) is 1.77. The van der Waals surface area contributed by atoms with E-state index in [-0.39, 0.29) is 5.91 Å². The Morgan fingerprint density at radius 2 is 2.29 bits per heavy atom. The molecule has 1 amide bonds. The van der Waals surface area contributed by atoms with E-state index in [0.717, 1.165) is 28.0 Å². The number of carbonyl (C=O) groups excluding carboxylic acids is 1. The van der Waals surface area contributed by atoms with Crippen molar-refractivity contribution in [1.82, 2.24) is 14.7 Å². The summed E-state index contributed by atoms with van der Waals surface area (Å²) in [6, 6.07) is 9.75. The van der Waals surface area contributed by atoms with E-state index in [1.165, 1.54) is 0 Å². The number of carbonyl (C=O) groups is 1. The highest BCUT2D eigenvalue weighted by atomic mass is 79.9. The maximum atomic E-state index is 12.6. The number of rotatable bonds is 5. The molecule has 0 saturated heterocycles. The number of amides is 1. The van der Waals surface area contributed by atoms with Crippen LogP contribution in [0.25, 0.3) is 0 Å². The van der Waals surface area contributed by atoms with Crippen LogP contribution in [0, 0.1) is 0 Å². The molecule has 1 unspecified atom stereocenters. The number of aromatic nitrogens is 2. The van der Waals surface area contributed by atoms with Gasteiger partial charge in [0.2, 0.25) is 6.10 Å². The molecule has 1 atom stereocenters. The number of oxime groups is 1. The predicted molar refractivity (Wildman–Crippen MR) is 94.5 cm³/mol. The van der Waals surface area contributed by atoms with Gasteiger partial charge in [0.25, 0.3) is 5.91 Å². The minimum absolute atomic E-state index is 0.0763. The maximum absolute atomic E-state index is 12.6. The van der Waals surface area contributed by atoms with Gasteiger partial charge >= 0.3 is 0 Å². The largest absolute Gasteiger partial charge is 0.382 e. The Balaban J connectivity index is 1.63. The van der Waals surface area contributed by atoms with Crippen molar-refractivity contribution in [3.63, 3.8) is 0 Å². The first kappa shape index (κ1) is 16.7. The summed E-state index contributed by atoms with van der Waals surface area (Å²) in [6.07, 6.45) is 1.66. The summed E-state index contributed by atoms with van der Waals surface area (Å²) in [4.78, 5) is 19.6. The second-order valence-electron chi connectivity index (χ2n) is 5.68. The molecule has 6 nitrogen and oxygen atoms in total. The molecule has 0 aliphatic carbocycles. The Labute approximate surface area is 149 Å². The third-order valence-electron chi connectivity index (χ3n) is 3.98. The van der Waals surface area contributed by atoms with Crippen LogP contribution in [0.2, 0.25) is 0 Å². The highest BCUT2D eigenvalue weighted by molar-refractivity contribution is 9.10. The van der Waals surface area contributed by atoms with E-state index in [9.17, 15) is 4.79 Å². The van der Waals surface area contributed by atoms with Crippen molar-refractivity contribution in [3.8, 4) is 0 Å². The number of hydrogen-bond acceptors (Lipinski definition) is 4. The second kappa shape index (κ2) is 7.17. The van der Waals surface area contributed by atoms with Crippen molar-refractivity contribution in [2.45, 2.75) is 32.5 Å². The summed E-state index contributed by atoms with van der Waals surface area (Å²) >= 11 is 3.44. The Hall–Kier alpha value is -2.15. The van der Waals surface area contributed by atoms with Gasteiger partial charge in [-0.3, -0.25) is 9.48 Å². The van der Waals surface area contributed by atoms with E-state index >= 15 is 0 Å². The Kier molecular flexibility index (Phi) is 4.99. The van der Waals surface area contributed by atoms with Crippen LogP contribution in [0.4, 0.5) is 0 Å². The number of nitrogens with zero attached hydrogens (tertiary/aromatic N) is 4. The lowest BCUT2D eigenvalue weighted by Gasteiger charge is -2.20. The minimum atomic E-state index is -0.568. The van der Waals surface area contributed by atoms with Crippen molar-refractivity contribution in [2.24, 2.45) is 5.16 Å². The number of hydrogen-bond donors (Lipinski definition) is 0. The van der Waals surface area contributed by atoms with Gasteiger partial charge in [0, 0.05) is 36.2 Å². The first-order valence-electron chi connectivity index (χ1n) is 7.82. The van der Waals surface area contributed by atoms with E-state index in [2.05, 4.69) is 26.2 Å². The van der Waals surface area contributed by atoms with Crippen molar-refractivity contribution in [1.29, 1.82) is 0 Å². The first-order chi connectivity index (χ1) is 11.6. The quantitative estimate of drug-likeness (QED) is 0.788. The molecule has 0 N–H and O–H groups in total. The molecule has 1 aromatic heterocycles. The third kappa shape index (κ3) is 3.51. The van der Waals surface area contributed by atoms with Gasteiger partial charge in [-0.1, -0.05) is 33.2 Å². The number of likely N-dealkylation sites (N-methyl/N-ethyl adjacent to an activating group) is 1. The van der Waals surface area contributed by atoms with Crippen LogP contribution in [0.5, 0.6) is 0 Å². The van der Waals surface area contributed by atoms with Crippen LogP contribution in [-0.4, -0.2) is 39.5 Å². The van der Waals surface area contributed by atoms with Crippen LogP contribution in [0.3, 0.4) is 0 Å². The summed E-state index contributed by atoms with van der Waals surface area (Å²) in [5.41, 5.74) is 2.76. The smallest absolute Gasteiger partial charge is 0.267 e. The average Bonchev–Trinajstić information content (AvgIpc) is 3.23. The second-order valence-corrected chi connectivity index (χ2v) is 6.59. The number of aryl methyl sites for hydroxylation is 1. The Morgan fingerprint density at radius 1 is 1.46 bits per heavy atom. The fourth-order valence-corrected chi connectivity index (χ4v) is 3.09. The first-order valence-corrected chi connectivity index (χ1v) is 8.62. The van der Waals surface area contributed by atoms with Gasteiger partial charge in [-0.25, -0.2) is 0 Å². The van der Waals surface area contributed by atoms with Crippen LogP contribution in [0.15, 0.2) is 46.2 Å². The summed E-state index contributed by atoms with van der Waals surface area (Å²) < 4.78 is 2.85. The van der Waals surface area contributed by atoms with E-state index in [1.807, 2.05) is 41.9 Å². The van der Waals surface area contributed by atoms with Gasteiger partial charge < -0.3 is 9.74 Å². The zero-order valence-corrected chi connectivity index (χ0v) is 15.2. The van der Waals surface area contributed by atoms with Crippen molar-refractivity contribution < 1.29 is 9.63 Å². The molecule has 2 heterocycles. The van der Waals surface area contributed by atoms with Crippen LogP contribution in [-0.2, 0) is 22.7 Å². The lowest BCUT2D eigenvalue weighted by atomic mass is 10.0. The third-order valence-corrected chi connectivity index (χ3v) is 4.47. The van der Waals surface area contributed by atoms with Crippen LogP contribution < -0.4 is 0 Å². The molecule has 0 saturated carbocycles. The predicted octanol–water partition coefficient (Wildman–Crippen LogP) is 2.82. The molecule has 0 spiro atoms. The van der Waals surface area contributed by atoms with Crippen LogP contribution in [0.1, 0.15) is 24.6 Å². The number of halogens is 1. The summed E-state index contributed by atoms with van der Waals surface area (Å²) in [5, 5.41) is 8.32. The molecule has 1 aromatic carbocycles. The Bertz CT molecular complexity index is 771. The molecular weight excluding hydrogens is 372 g/mol. The molecule has 0 fully saturated rings. The molecule has 126 valence electrons. The maximum Gasteiger partial charge on any atom is 0.267 e. The number of benzene rings is 1. The molecule has 2 aromatic rings. The van der Waals surface area contributed by atoms with Gasteiger partial charge in [0.15, 0.2) is 0 Å². The fraction of sp³-hybridized carbons (Fsp3) is 0.353. The lowest BCUT2D eigenvalue weighted by Crippen LogP contribution is -2.36. The zero-order valence-electron chi connectivity index (χ0n) is 13.6. The highest BCUT2D eigenvalue weighted by Gasteiger charge is 2.31. The SMILES string of the molecule is CCn1nccc1CN(C)C(=O)C1CC(c2cccc(Br)c2)=NO1. The van der Waals surface area contributed by atoms with Gasteiger partial charge in [-0.15, -0.1) is 0 Å². The monoisotopic (exact) mass is 390 g/mol. The zero-order chi connectivity index (χ0) is 17.1. The van der Waals surface area contributed by atoms with E-state index in [0.29, 0.717) is 13.0 Å². The average molecular weight is 391 g/mol. The summed E-state index contributed by atoms with van der Waals surface area (Å²) in [6.45, 7) is 3.30. The highest BCUT2D eigenvalue weighted by Crippen LogP contribution is 2.21. The molecule has 1 aliphatic heterocycles. The normalized spacial score (nSPS) is 16.6. The van der Waals surface area contributed by atoms with Gasteiger partial charge in [-0.05, 0) is 25.1 Å². The molecule has 0 radical (unpaired) electrons. The van der Waals surface area contributed by atoms with Crippen molar-refractivity contribution in [2.75, 3.05) is 7.05 Å². The molecule has 24 heavy (non-hydrogen) atoms. The minimum Gasteiger partial charge on any atom is -0.382 e. The van der Waals surface area contributed by atoms with Gasteiger partial charge in [0.05, 0.1) is 18.0 Å². The lowest BCUT2D eigenvalue weighted by molar-refractivity contribution is -0.141. The Morgan fingerprint density at radius 3 is 3.04 bits per heavy atom. The van der Waals surface area contributed by atoms with E-state index in [1.54, 1.807) is 18.1 Å². The molecular formula is C17H19BrN4O2. The van der Waals surface area contributed by atoms with Crippen molar-refractivity contribution in [3.05, 3.63) is 52.3 Å². The molecule has 7 heteroatoms. The molecule has 1 aliphatic rings. The van der Waals surface area contributed by atoms with Crippen molar-refractivity contribution >= 4 is 27.5 Å². The molecule has 0 bridgehead atoms. The molecule has 3 rings (SSSR count). The summed E-state index contributed by atoms with van der Waals surface area (Å²) in [5.74, 6) is -0.0763. The van der Waals surface area contributed by atoms with Gasteiger partial charge in [-0.2, -0.15) is 5.10 Å². The van der Waals surface area contributed by atoms with E-state index in [4.69, 9.17) is 4.84 Å². The fourth-order valence-electron chi connectivity index (χ4n) is 2.69.